The number of H-pyrrole nitrogens is 1. The van der Waals surface area contributed by atoms with Crippen LogP contribution in [-0.4, -0.2) is 33.2 Å². The van der Waals surface area contributed by atoms with E-state index in [4.69, 9.17) is 18.0 Å². The van der Waals surface area contributed by atoms with Gasteiger partial charge in [-0.05, 0) is 48.1 Å². The van der Waals surface area contributed by atoms with Crippen molar-refractivity contribution < 1.29 is 4.79 Å². The van der Waals surface area contributed by atoms with Crippen molar-refractivity contribution in [3.05, 3.63) is 9.78 Å². The number of carbonyl (C=O) groups is 1. The number of Topliss-reactive ketones (excluding diaryl/α,β-unsaturated/α-hetero) is 1. The Labute approximate surface area is 107 Å². The van der Waals surface area contributed by atoms with Crippen LogP contribution in [0.4, 0.5) is 0 Å². The Morgan fingerprint density at radius 1 is 1.56 bits per heavy atom. The molecule has 7 heteroatoms. The van der Waals surface area contributed by atoms with Crippen LogP contribution in [-0.2, 0) is 0 Å². The minimum absolute atomic E-state index is 0.0302. The number of rotatable bonds is 3. The molecule has 0 unspecified atom stereocenters. The SMILES string of the molecule is NCC1(C(=O)c2nc(=S)s[nH]2)CCSCC1. The summed E-state index contributed by atoms with van der Waals surface area (Å²) in [5, 5.41) is 0. The Morgan fingerprint density at radius 2 is 2.25 bits per heavy atom. The van der Waals surface area contributed by atoms with Gasteiger partial charge in [0.2, 0.25) is 5.78 Å². The molecule has 2 heterocycles. The molecule has 0 bridgehead atoms. The molecule has 1 aliphatic rings. The molecular formula is C9H13N3OS3. The highest BCUT2D eigenvalue weighted by atomic mass is 32.2. The summed E-state index contributed by atoms with van der Waals surface area (Å²) in [6, 6.07) is 0. The van der Waals surface area contributed by atoms with Crippen molar-refractivity contribution in [3.8, 4) is 0 Å². The molecule has 2 rings (SSSR count). The van der Waals surface area contributed by atoms with E-state index in [1.165, 1.54) is 11.5 Å². The summed E-state index contributed by atoms with van der Waals surface area (Å²) in [5.41, 5.74) is 5.37. The molecule has 4 nitrogen and oxygen atoms in total. The van der Waals surface area contributed by atoms with E-state index in [1.54, 1.807) is 0 Å². The van der Waals surface area contributed by atoms with Crippen LogP contribution in [0.3, 0.4) is 0 Å². The van der Waals surface area contributed by atoms with E-state index >= 15 is 0 Å². The molecule has 16 heavy (non-hydrogen) atoms. The molecule has 88 valence electrons. The summed E-state index contributed by atoms with van der Waals surface area (Å²) in [5.74, 6) is 2.40. The molecule has 0 aromatic carbocycles. The second kappa shape index (κ2) is 4.95. The number of nitrogens with one attached hydrogen (secondary N) is 1. The molecule has 1 fully saturated rings. The normalized spacial score (nSPS) is 19.6. The molecule has 0 aliphatic carbocycles. The van der Waals surface area contributed by atoms with Crippen LogP contribution in [0.1, 0.15) is 23.5 Å². The van der Waals surface area contributed by atoms with Gasteiger partial charge in [-0.25, -0.2) is 4.98 Å². The summed E-state index contributed by atoms with van der Waals surface area (Å²) in [7, 11) is 0. The number of aromatic nitrogens is 2. The Bertz CT molecular complexity index is 433. The molecule has 1 aromatic rings. The average molecular weight is 275 g/mol. The van der Waals surface area contributed by atoms with Gasteiger partial charge < -0.3 is 5.73 Å². The maximum Gasteiger partial charge on any atom is 0.206 e. The predicted molar refractivity (Wildman–Crippen MR) is 69.7 cm³/mol. The summed E-state index contributed by atoms with van der Waals surface area (Å²) < 4.78 is 3.35. The minimum Gasteiger partial charge on any atom is -0.329 e. The molecule has 1 aromatic heterocycles. The number of hydrogen-bond donors (Lipinski definition) is 2. The maximum absolute atomic E-state index is 12.3. The van der Waals surface area contributed by atoms with Crippen LogP contribution < -0.4 is 5.73 Å². The van der Waals surface area contributed by atoms with Gasteiger partial charge in [-0.1, -0.05) is 0 Å². The Morgan fingerprint density at radius 3 is 2.75 bits per heavy atom. The monoisotopic (exact) mass is 275 g/mol. The first kappa shape index (κ1) is 12.2. The lowest BCUT2D eigenvalue weighted by Crippen LogP contribution is -2.42. The zero-order valence-electron chi connectivity index (χ0n) is 8.69. The van der Waals surface area contributed by atoms with Crippen LogP contribution >= 0.6 is 35.5 Å². The standard InChI is InChI=1S/C9H13N3OS3/c10-5-9(1-3-15-4-2-9)6(13)7-11-8(14)16-12-7/h1-5,10H2,(H,11,12,14). The van der Waals surface area contributed by atoms with Gasteiger partial charge in [0.1, 0.15) is 0 Å². The molecule has 0 atom stereocenters. The zero-order valence-corrected chi connectivity index (χ0v) is 11.1. The fourth-order valence-electron chi connectivity index (χ4n) is 1.86. The number of thioether (sulfide) groups is 1. The average Bonchev–Trinajstić information content (AvgIpc) is 2.76. The molecule has 1 saturated heterocycles. The number of nitrogens with two attached hydrogens (primary N) is 1. The molecule has 0 amide bonds. The van der Waals surface area contributed by atoms with Crippen molar-refractivity contribution >= 4 is 41.3 Å². The van der Waals surface area contributed by atoms with Gasteiger partial charge in [-0.2, -0.15) is 11.8 Å². The van der Waals surface area contributed by atoms with E-state index in [0.717, 1.165) is 24.3 Å². The van der Waals surface area contributed by atoms with Gasteiger partial charge in [-0.15, -0.1) is 0 Å². The van der Waals surface area contributed by atoms with Crippen LogP contribution in [0.15, 0.2) is 0 Å². The van der Waals surface area contributed by atoms with Gasteiger partial charge in [0.25, 0.3) is 0 Å². The lowest BCUT2D eigenvalue weighted by molar-refractivity contribution is 0.0776. The van der Waals surface area contributed by atoms with Crippen molar-refractivity contribution in [3.63, 3.8) is 0 Å². The second-order valence-electron chi connectivity index (χ2n) is 3.86. The molecule has 1 aliphatic heterocycles. The van der Waals surface area contributed by atoms with E-state index in [9.17, 15) is 4.79 Å². The van der Waals surface area contributed by atoms with Gasteiger partial charge in [-0.3, -0.25) is 9.17 Å². The third-order valence-electron chi connectivity index (χ3n) is 2.98. The molecule has 0 spiro atoms. The second-order valence-corrected chi connectivity index (χ2v) is 6.52. The predicted octanol–water partition coefficient (Wildman–Crippen LogP) is 1.86. The molecule has 0 saturated carbocycles. The van der Waals surface area contributed by atoms with Crippen LogP contribution in [0.2, 0.25) is 0 Å². The zero-order chi connectivity index (χ0) is 11.6. The van der Waals surface area contributed by atoms with Crippen LogP contribution in [0.5, 0.6) is 0 Å². The van der Waals surface area contributed by atoms with E-state index in [1.807, 2.05) is 11.8 Å². The van der Waals surface area contributed by atoms with Crippen molar-refractivity contribution in [1.29, 1.82) is 0 Å². The first-order chi connectivity index (χ1) is 7.68. The van der Waals surface area contributed by atoms with E-state index in [2.05, 4.69) is 9.36 Å². The van der Waals surface area contributed by atoms with Crippen LogP contribution in [0, 0.1) is 9.37 Å². The number of ketones is 1. The summed E-state index contributed by atoms with van der Waals surface area (Å²) >= 11 is 8.01. The van der Waals surface area contributed by atoms with E-state index in [-0.39, 0.29) is 5.78 Å². The Kier molecular flexibility index (Phi) is 3.78. The third-order valence-corrected chi connectivity index (χ3v) is 4.86. The fourth-order valence-corrected chi connectivity index (χ4v) is 3.81. The highest BCUT2D eigenvalue weighted by molar-refractivity contribution is 7.99. The smallest absolute Gasteiger partial charge is 0.206 e. The van der Waals surface area contributed by atoms with Gasteiger partial charge >= 0.3 is 0 Å². The van der Waals surface area contributed by atoms with Crippen molar-refractivity contribution in [2.75, 3.05) is 18.1 Å². The molecule has 3 N–H and O–H groups in total. The minimum atomic E-state index is -0.419. The first-order valence-electron chi connectivity index (χ1n) is 5.06. The Balaban J connectivity index is 2.27. The van der Waals surface area contributed by atoms with E-state index in [0.29, 0.717) is 16.3 Å². The summed E-state index contributed by atoms with van der Waals surface area (Å²) in [6.45, 7) is 0.393. The number of carbonyl (C=O) groups excluding carboxylic acids is 1. The van der Waals surface area contributed by atoms with Crippen molar-refractivity contribution in [2.45, 2.75) is 12.8 Å². The fraction of sp³-hybridized carbons (Fsp3) is 0.667. The van der Waals surface area contributed by atoms with Crippen molar-refractivity contribution in [2.24, 2.45) is 11.1 Å². The molecule has 0 radical (unpaired) electrons. The topological polar surface area (TPSA) is 71.8 Å². The number of hydrogen-bond acceptors (Lipinski definition) is 6. The van der Waals surface area contributed by atoms with E-state index < -0.39 is 5.41 Å². The first-order valence-corrected chi connectivity index (χ1v) is 7.44. The molecular weight excluding hydrogens is 262 g/mol. The van der Waals surface area contributed by atoms with Crippen LogP contribution in [0.25, 0.3) is 0 Å². The number of aromatic amines is 1. The van der Waals surface area contributed by atoms with Gasteiger partial charge in [0.05, 0.1) is 5.41 Å². The summed E-state index contributed by atoms with van der Waals surface area (Å²) in [6.07, 6.45) is 1.68. The highest BCUT2D eigenvalue weighted by Crippen LogP contribution is 2.36. The summed E-state index contributed by atoms with van der Waals surface area (Å²) in [4.78, 5) is 16.4. The lowest BCUT2D eigenvalue weighted by atomic mass is 9.77. The third kappa shape index (κ3) is 2.22. The Hall–Kier alpha value is -0.240. The highest BCUT2D eigenvalue weighted by Gasteiger charge is 2.40. The number of nitrogens with zero attached hydrogens (tertiary/aromatic N) is 1. The quantitative estimate of drug-likeness (QED) is 0.651. The lowest BCUT2D eigenvalue weighted by Gasteiger charge is -2.33. The van der Waals surface area contributed by atoms with Gasteiger partial charge in [0, 0.05) is 6.54 Å². The maximum atomic E-state index is 12.3. The largest absolute Gasteiger partial charge is 0.329 e. The van der Waals surface area contributed by atoms with Crippen molar-refractivity contribution in [1.82, 2.24) is 9.36 Å². The van der Waals surface area contributed by atoms with Gasteiger partial charge in [0.15, 0.2) is 9.78 Å².